The molecule has 0 spiro atoms. The molecule has 0 radical (unpaired) electrons. The van der Waals surface area contributed by atoms with E-state index in [1.54, 1.807) is 0 Å². The highest BCUT2D eigenvalue weighted by atomic mass is 35.5. The van der Waals surface area contributed by atoms with Crippen molar-refractivity contribution in [3.05, 3.63) is 0 Å². The van der Waals surface area contributed by atoms with Gasteiger partial charge in [0.2, 0.25) is 0 Å². The van der Waals surface area contributed by atoms with Gasteiger partial charge in [-0.05, 0) is 0 Å². The predicted octanol–water partition coefficient (Wildman–Crippen LogP) is 0.665. The van der Waals surface area contributed by atoms with E-state index in [-0.39, 0.29) is 13.0 Å². The van der Waals surface area contributed by atoms with E-state index in [2.05, 4.69) is 0 Å². The highest BCUT2D eigenvalue weighted by molar-refractivity contribution is 6.17. The molecule has 0 aromatic carbocycles. The van der Waals surface area contributed by atoms with Gasteiger partial charge in [0.25, 0.3) is 0 Å². The monoisotopic (exact) mass is 153 g/mol. The SMILES string of the molecule is CCCl.NCCC(=O)O. The summed E-state index contributed by atoms with van der Waals surface area (Å²) in [6.45, 7) is 2.12. The van der Waals surface area contributed by atoms with Crippen LogP contribution < -0.4 is 5.73 Å². The molecule has 0 rings (SSSR count). The van der Waals surface area contributed by atoms with Crippen molar-refractivity contribution in [3.8, 4) is 0 Å². The van der Waals surface area contributed by atoms with E-state index >= 15 is 0 Å². The summed E-state index contributed by atoms with van der Waals surface area (Å²) < 4.78 is 0. The highest BCUT2D eigenvalue weighted by Crippen LogP contribution is 1.67. The lowest BCUT2D eigenvalue weighted by Crippen LogP contribution is -2.05. The number of rotatable bonds is 2. The van der Waals surface area contributed by atoms with Gasteiger partial charge in [-0.25, -0.2) is 0 Å². The van der Waals surface area contributed by atoms with E-state index < -0.39 is 5.97 Å². The van der Waals surface area contributed by atoms with E-state index in [4.69, 9.17) is 22.4 Å². The first-order chi connectivity index (χ1) is 4.18. The quantitative estimate of drug-likeness (QED) is 0.573. The average Bonchev–Trinajstić information content (AvgIpc) is 1.67. The molecule has 0 saturated heterocycles. The van der Waals surface area contributed by atoms with Gasteiger partial charge in [0.05, 0.1) is 6.42 Å². The summed E-state index contributed by atoms with van der Waals surface area (Å²) >= 11 is 5.00. The Morgan fingerprint density at radius 2 is 2.11 bits per heavy atom. The number of hydrogen-bond donors (Lipinski definition) is 2. The van der Waals surface area contributed by atoms with Gasteiger partial charge in [-0.2, -0.15) is 0 Å². The molecule has 0 bridgehead atoms. The Bertz CT molecular complexity index is 68.0. The molecular weight excluding hydrogens is 142 g/mol. The number of alkyl halides is 1. The number of carboxylic acid groups (broad SMARTS) is 1. The Balaban J connectivity index is 0. The van der Waals surface area contributed by atoms with Gasteiger partial charge >= 0.3 is 5.97 Å². The maximum Gasteiger partial charge on any atom is 0.304 e. The van der Waals surface area contributed by atoms with Crippen LogP contribution in [0, 0.1) is 0 Å². The first-order valence-electron chi connectivity index (χ1n) is 2.66. The normalized spacial score (nSPS) is 7.44. The molecule has 0 aromatic heterocycles. The van der Waals surface area contributed by atoms with Gasteiger partial charge < -0.3 is 10.8 Å². The maximum absolute atomic E-state index is 9.52. The number of aliphatic carboxylic acids is 1. The van der Waals surface area contributed by atoms with Crippen LogP contribution in [0.3, 0.4) is 0 Å². The Hall–Kier alpha value is -0.280. The van der Waals surface area contributed by atoms with Crippen LogP contribution >= 0.6 is 11.6 Å². The second kappa shape index (κ2) is 10.7. The Morgan fingerprint density at radius 3 is 2.11 bits per heavy atom. The van der Waals surface area contributed by atoms with Gasteiger partial charge in [0.15, 0.2) is 0 Å². The van der Waals surface area contributed by atoms with Gasteiger partial charge in [-0.1, -0.05) is 6.92 Å². The molecule has 0 fully saturated rings. The molecule has 3 nitrogen and oxygen atoms in total. The van der Waals surface area contributed by atoms with Crippen molar-refractivity contribution in [2.45, 2.75) is 13.3 Å². The minimum Gasteiger partial charge on any atom is -0.481 e. The van der Waals surface area contributed by atoms with Gasteiger partial charge in [0.1, 0.15) is 0 Å². The van der Waals surface area contributed by atoms with Crippen LogP contribution in [0.5, 0.6) is 0 Å². The molecule has 0 aliphatic carbocycles. The fourth-order valence-electron chi connectivity index (χ4n) is 0.123. The van der Waals surface area contributed by atoms with Crippen LogP contribution in [0.1, 0.15) is 13.3 Å². The summed E-state index contributed by atoms with van der Waals surface area (Å²) in [5.41, 5.74) is 4.85. The van der Waals surface area contributed by atoms with Crippen molar-refractivity contribution in [2.75, 3.05) is 12.4 Å². The fraction of sp³-hybridized carbons (Fsp3) is 0.800. The van der Waals surface area contributed by atoms with Crippen LogP contribution in [0.2, 0.25) is 0 Å². The second-order valence-electron chi connectivity index (χ2n) is 1.20. The third-order valence-electron chi connectivity index (χ3n) is 0.358. The zero-order valence-electron chi connectivity index (χ0n) is 5.43. The maximum atomic E-state index is 9.52. The molecular formula is C5H12ClNO2. The molecule has 0 aliphatic heterocycles. The van der Waals surface area contributed by atoms with Crippen LogP contribution in [-0.4, -0.2) is 23.5 Å². The highest BCUT2D eigenvalue weighted by Gasteiger charge is 1.87. The minimum absolute atomic E-state index is 0.0694. The lowest BCUT2D eigenvalue weighted by Gasteiger charge is -1.80. The van der Waals surface area contributed by atoms with E-state index in [0.717, 1.165) is 5.88 Å². The summed E-state index contributed by atoms with van der Waals surface area (Å²) in [5, 5.41) is 7.83. The number of halogens is 1. The van der Waals surface area contributed by atoms with Crippen molar-refractivity contribution >= 4 is 17.6 Å². The first kappa shape index (κ1) is 11.5. The van der Waals surface area contributed by atoms with Gasteiger partial charge in [-0.15, -0.1) is 11.6 Å². The molecule has 0 unspecified atom stereocenters. The molecule has 0 aromatic rings. The molecule has 0 heterocycles. The molecule has 0 amide bonds. The molecule has 4 heteroatoms. The minimum atomic E-state index is -0.836. The van der Waals surface area contributed by atoms with E-state index in [0.29, 0.717) is 0 Å². The average molecular weight is 154 g/mol. The van der Waals surface area contributed by atoms with Crippen molar-refractivity contribution in [1.29, 1.82) is 0 Å². The Morgan fingerprint density at radius 1 is 1.78 bits per heavy atom. The molecule has 3 N–H and O–H groups in total. The van der Waals surface area contributed by atoms with Gasteiger partial charge in [-0.3, -0.25) is 4.79 Å². The number of nitrogens with two attached hydrogens (primary N) is 1. The van der Waals surface area contributed by atoms with Crippen LogP contribution in [0.4, 0.5) is 0 Å². The largest absolute Gasteiger partial charge is 0.481 e. The molecule has 0 atom stereocenters. The summed E-state index contributed by atoms with van der Waals surface area (Å²) in [6.07, 6.45) is 0.0694. The number of carbonyl (C=O) groups is 1. The fourth-order valence-corrected chi connectivity index (χ4v) is 0.123. The number of carboxylic acids is 1. The van der Waals surface area contributed by atoms with Crippen molar-refractivity contribution in [1.82, 2.24) is 0 Å². The topological polar surface area (TPSA) is 63.3 Å². The van der Waals surface area contributed by atoms with Crippen molar-refractivity contribution in [2.24, 2.45) is 5.73 Å². The zero-order chi connectivity index (χ0) is 7.70. The van der Waals surface area contributed by atoms with Crippen LogP contribution in [0.15, 0.2) is 0 Å². The molecule has 56 valence electrons. The third kappa shape index (κ3) is 34.1. The summed E-state index contributed by atoms with van der Waals surface area (Å²) in [7, 11) is 0. The summed E-state index contributed by atoms with van der Waals surface area (Å²) in [6, 6.07) is 0. The molecule has 0 aliphatic rings. The zero-order valence-corrected chi connectivity index (χ0v) is 6.19. The Kier molecular flexibility index (Phi) is 13.6. The summed E-state index contributed by atoms with van der Waals surface area (Å²) in [4.78, 5) is 9.52. The smallest absolute Gasteiger partial charge is 0.304 e. The first-order valence-corrected chi connectivity index (χ1v) is 3.20. The summed E-state index contributed by atoms with van der Waals surface area (Å²) in [5.74, 6) is -0.113. The van der Waals surface area contributed by atoms with Crippen molar-refractivity contribution in [3.63, 3.8) is 0 Å². The van der Waals surface area contributed by atoms with Gasteiger partial charge in [0, 0.05) is 12.4 Å². The number of hydrogen-bond acceptors (Lipinski definition) is 2. The molecule has 0 saturated carbocycles. The predicted molar refractivity (Wildman–Crippen MR) is 37.7 cm³/mol. The second-order valence-corrected chi connectivity index (χ2v) is 1.73. The van der Waals surface area contributed by atoms with E-state index in [1.807, 2.05) is 6.92 Å². The van der Waals surface area contributed by atoms with Crippen LogP contribution in [0.25, 0.3) is 0 Å². The third-order valence-corrected chi connectivity index (χ3v) is 0.358. The Labute approximate surface area is 59.8 Å². The van der Waals surface area contributed by atoms with Crippen molar-refractivity contribution < 1.29 is 9.90 Å². The van der Waals surface area contributed by atoms with E-state index in [9.17, 15) is 4.79 Å². The lowest BCUT2D eigenvalue weighted by molar-refractivity contribution is -0.136. The van der Waals surface area contributed by atoms with Crippen LogP contribution in [-0.2, 0) is 4.79 Å². The standard InChI is InChI=1S/C3H7NO2.C2H5Cl/c4-2-1-3(5)6;1-2-3/h1-2,4H2,(H,5,6);2H2,1H3. The lowest BCUT2D eigenvalue weighted by atomic mass is 10.5. The van der Waals surface area contributed by atoms with E-state index in [1.165, 1.54) is 0 Å². The molecule has 9 heavy (non-hydrogen) atoms.